The number of anilines is 1. The molecule has 0 aromatic heterocycles. The molecule has 0 radical (unpaired) electrons. The molecule has 0 spiro atoms. The number of urea groups is 1. The molecule has 188 valence electrons. The van der Waals surface area contributed by atoms with Gasteiger partial charge in [0, 0.05) is 5.69 Å². The van der Waals surface area contributed by atoms with Crippen molar-refractivity contribution < 1.29 is 22.8 Å². The monoisotopic (exact) mass is 499 g/mol. The molecule has 34 heavy (non-hydrogen) atoms. The summed E-state index contributed by atoms with van der Waals surface area (Å²) in [5.41, 5.74) is -0.0297. The molecule has 0 heterocycles. The van der Waals surface area contributed by atoms with Crippen molar-refractivity contribution in [1.29, 1.82) is 0 Å². The number of carbonyl (C=O) groups is 1. The number of amides is 2. The predicted octanol–water partition coefficient (Wildman–Crippen LogP) is 7.98. The first-order chi connectivity index (χ1) is 15.6. The van der Waals surface area contributed by atoms with Gasteiger partial charge in [-0.15, -0.1) is 0 Å². The molecule has 0 aliphatic rings. The number of hydrogen-bond donors (Lipinski definition) is 2. The summed E-state index contributed by atoms with van der Waals surface area (Å²) in [5, 5.41) is 8.93. The molecular weight excluding hydrogens is 467 g/mol. The van der Waals surface area contributed by atoms with E-state index in [1.165, 1.54) is 6.07 Å². The van der Waals surface area contributed by atoms with Crippen molar-refractivity contribution >= 4 is 29.0 Å². The van der Waals surface area contributed by atoms with Gasteiger partial charge in [-0.3, -0.25) is 0 Å². The third-order valence-electron chi connectivity index (χ3n) is 4.41. The summed E-state index contributed by atoms with van der Waals surface area (Å²) in [6.45, 7) is 15.1. The molecule has 0 fully saturated rings. The highest BCUT2D eigenvalue weighted by Crippen LogP contribution is 2.36. The molecule has 5 nitrogen and oxygen atoms in total. The number of nitrogens with zero attached hydrogens (tertiary/aromatic N) is 1. The lowest BCUT2D eigenvalue weighted by Gasteiger charge is -2.27. The van der Waals surface area contributed by atoms with E-state index in [0.29, 0.717) is 5.71 Å². The third-order valence-corrected chi connectivity index (χ3v) is 4.74. The van der Waals surface area contributed by atoms with Gasteiger partial charge in [0.25, 0.3) is 0 Å². The minimum Gasteiger partial charge on any atom is -0.390 e. The maximum atomic E-state index is 13.1. The van der Waals surface area contributed by atoms with Gasteiger partial charge >= 0.3 is 12.2 Å². The number of rotatable bonds is 5. The van der Waals surface area contributed by atoms with Gasteiger partial charge in [-0.2, -0.15) is 13.2 Å². The molecule has 2 aromatic carbocycles. The quantitative estimate of drug-likeness (QED) is 0.323. The van der Waals surface area contributed by atoms with Crippen LogP contribution in [0.15, 0.2) is 47.6 Å². The molecule has 2 N–H and O–H groups in total. The summed E-state index contributed by atoms with van der Waals surface area (Å²) in [6, 6.07) is 9.95. The van der Waals surface area contributed by atoms with Crippen molar-refractivity contribution in [3.8, 4) is 0 Å². The van der Waals surface area contributed by atoms with Crippen LogP contribution in [0.4, 0.5) is 23.7 Å². The van der Waals surface area contributed by atoms with Crippen molar-refractivity contribution in [3.63, 3.8) is 0 Å². The van der Waals surface area contributed by atoms with E-state index in [1.54, 1.807) is 13.8 Å². The molecule has 2 aromatic rings. The zero-order valence-electron chi connectivity index (χ0n) is 20.8. The van der Waals surface area contributed by atoms with Gasteiger partial charge in [0.2, 0.25) is 0 Å². The lowest BCUT2D eigenvalue weighted by Crippen LogP contribution is -2.43. The fourth-order valence-electron chi connectivity index (χ4n) is 2.73. The first kappa shape index (κ1) is 29.3. The number of hydrogen-bond acceptors (Lipinski definition) is 3. The average Bonchev–Trinajstić information content (AvgIpc) is 2.73. The summed E-state index contributed by atoms with van der Waals surface area (Å²) >= 11 is 5.62. The fourth-order valence-corrected chi connectivity index (χ4v) is 2.95. The SMILES string of the molecule is C/C(=N\OC(C)(C)C)c1cccc(C(C)(C)NC(=O)Nc2ccc(Cl)c(C(F)(F)F)c2)c1.CC. The van der Waals surface area contributed by atoms with Gasteiger partial charge in [0.05, 0.1) is 21.8 Å². The van der Waals surface area contributed by atoms with Crippen LogP contribution in [0, 0.1) is 0 Å². The molecule has 0 atom stereocenters. The summed E-state index contributed by atoms with van der Waals surface area (Å²) < 4.78 is 39.2. The van der Waals surface area contributed by atoms with Crippen LogP contribution in [0.1, 0.15) is 72.1 Å². The molecule has 0 saturated heterocycles. The van der Waals surface area contributed by atoms with E-state index < -0.39 is 33.9 Å². The zero-order chi connectivity index (χ0) is 26.3. The average molecular weight is 500 g/mol. The van der Waals surface area contributed by atoms with Crippen LogP contribution in [0.2, 0.25) is 5.02 Å². The first-order valence-corrected chi connectivity index (χ1v) is 11.3. The number of nitrogens with one attached hydrogen (secondary N) is 2. The van der Waals surface area contributed by atoms with E-state index in [1.807, 2.05) is 65.8 Å². The van der Waals surface area contributed by atoms with Crippen molar-refractivity contribution in [2.45, 2.75) is 72.7 Å². The van der Waals surface area contributed by atoms with Crippen LogP contribution < -0.4 is 10.6 Å². The highest BCUT2D eigenvalue weighted by atomic mass is 35.5. The summed E-state index contributed by atoms with van der Waals surface area (Å²) in [4.78, 5) is 18.0. The molecule has 0 saturated carbocycles. The third kappa shape index (κ3) is 8.89. The molecule has 0 unspecified atom stereocenters. The smallest absolute Gasteiger partial charge is 0.390 e. The Morgan fingerprint density at radius 1 is 1.00 bits per heavy atom. The normalized spacial score (nSPS) is 12.4. The van der Waals surface area contributed by atoms with E-state index >= 15 is 0 Å². The van der Waals surface area contributed by atoms with Crippen LogP contribution in [0.5, 0.6) is 0 Å². The second-order valence-corrected chi connectivity index (χ2v) is 9.26. The minimum absolute atomic E-state index is 0.0221. The second kappa shape index (κ2) is 11.6. The Labute approximate surface area is 204 Å². The minimum atomic E-state index is -4.62. The van der Waals surface area contributed by atoms with Gasteiger partial charge in [0.1, 0.15) is 5.60 Å². The van der Waals surface area contributed by atoms with Crippen molar-refractivity contribution in [1.82, 2.24) is 5.32 Å². The number of carbonyl (C=O) groups excluding carboxylic acids is 1. The van der Waals surface area contributed by atoms with E-state index in [-0.39, 0.29) is 5.69 Å². The Balaban J connectivity index is 0.00000281. The topological polar surface area (TPSA) is 62.7 Å². The lowest BCUT2D eigenvalue weighted by molar-refractivity contribution is -0.137. The van der Waals surface area contributed by atoms with Crippen molar-refractivity contribution in [3.05, 3.63) is 64.2 Å². The Morgan fingerprint density at radius 2 is 1.62 bits per heavy atom. The van der Waals surface area contributed by atoms with Crippen LogP contribution >= 0.6 is 11.6 Å². The number of halogens is 4. The van der Waals surface area contributed by atoms with Crippen LogP contribution in [0.3, 0.4) is 0 Å². The molecule has 0 bridgehead atoms. The van der Waals surface area contributed by atoms with E-state index in [4.69, 9.17) is 16.4 Å². The van der Waals surface area contributed by atoms with Gasteiger partial charge in [-0.25, -0.2) is 4.79 Å². The zero-order valence-corrected chi connectivity index (χ0v) is 21.6. The maximum Gasteiger partial charge on any atom is 0.417 e. The molecule has 0 aliphatic carbocycles. The molecule has 0 aliphatic heterocycles. The first-order valence-electron chi connectivity index (χ1n) is 10.9. The Hall–Kier alpha value is -2.74. The highest BCUT2D eigenvalue weighted by Gasteiger charge is 2.33. The van der Waals surface area contributed by atoms with Crippen molar-refractivity contribution in [2.24, 2.45) is 5.16 Å². The van der Waals surface area contributed by atoms with Gasteiger partial charge < -0.3 is 15.5 Å². The molecule has 9 heteroatoms. The summed E-state index contributed by atoms with van der Waals surface area (Å²) in [6.07, 6.45) is -4.62. The van der Waals surface area contributed by atoms with Gasteiger partial charge in [-0.1, -0.05) is 48.8 Å². The molecule has 2 amide bonds. The van der Waals surface area contributed by atoms with Crippen LogP contribution in [-0.4, -0.2) is 17.3 Å². The highest BCUT2D eigenvalue weighted by molar-refractivity contribution is 6.31. The van der Waals surface area contributed by atoms with Gasteiger partial charge in [-0.05, 0) is 76.9 Å². The van der Waals surface area contributed by atoms with Crippen LogP contribution in [0.25, 0.3) is 0 Å². The Bertz CT molecular complexity index is 1010. The Morgan fingerprint density at radius 3 is 2.18 bits per heavy atom. The maximum absolute atomic E-state index is 13.1. The van der Waals surface area contributed by atoms with E-state index in [2.05, 4.69) is 15.8 Å². The predicted molar refractivity (Wildman–Crippen MR) is 132 cm³/mol. The van der Waals surface area contributed by atoms with Crippen LogP contribution in [-0.2, 0) is 16.6 Å². The van der Waals surface area contributed by atoms with E-state index in [0.717, 1.165) is 23.3 Å². The summed E-state index contributed by atoms with van der Waals surface area (Å²) in [5.74, 6) is 0. The fraction of sp³-hybridized carbons (Fsp3) is 0.440. The standard InChI is InChI=1S/C23H27ClF3N3O2.C2H6/c1-14(30-32-21(2,3)4)15-8-7-9-16(12-15)22(5,6)29-20(31)28-17-10-11-19(24)18(13-17)23(25,26)27;1-2/h7-13H,1-6H3,(H2,28,29,31);1-2H3/b30-14+;. The second-order valence-electron chi connectivity index (χ2n) is 8.86. The van der Waals surface area contributed by atoms with E-state index in [9.17, 15) is 18.0 Å². The molecular formula is C25H33ClF3N3O2. The number of benzene rings is 2. The Kier molecular flexibility index (Phi) is 9.99. The number of alkyl halides is 3. The largest absolute Gasteiger partial charge is 0.417 e. The molecule has 2 rings (SSSR count). The summed E-state index contributed by atoms with van der Waals surface area (Å²) in [7, 11) is 0. The van der Waals surface area contributed by atoms with Gasteiger partial charge in [0.15, 0.2) is 0 Å². The number of oxime groups is 1. The van der Waals surface area contributed by atoms with Crippen molar-refractivity contribution in [2.75, 3.05) is 5.32 Å². The lowest BCUT2D eigenvalue weighted by atomic mass is 9.92.